The van der Waals surface area contributed by atoms with Crippen LogP contribution in [0.3, 0.4) is 0 Å². The molecule has 0 atom stereocenters. The number of hydrogen-bond donors (Lipinski definition) is 2. The van der Waals surface area contributed by atoms with Gasteiger partial charge in [-0.3, -0.25) is 28.9 Å². The maximum Gasteiger partial charge on any atom is 1.00 e. The fourth-order valence-corrected chi connectivity index (χ4v) is 14.3. The Labute approximate surface area is 828 Å². The fourth-order valence-electron chi connectivity index (χ4n) is 10.9. The van der Waals surface area contributed by atoms with E-state index in [0.717, 1.165) is 71.4 Å². The number of rotatable bonds is 19. The van der Waals surface area contributed by atoms with Gasteiger partial charge in [-0.25, -0.2) is 28.7 Å². The number of allylic oxidation sites excluding steroid dienone is 1. The molecule has 24 nitrogen and oxygen atoms in total. The number of fused-ring (bicyclic) bond motifs is 6. The minimum absolute atomic E-state index is 0. The first-order chi connectivity index (χ1) is 54.1. The molecule has 2 aliphatic heterocycles. The zero-order chi connectivity index (χ0) is 80.7. The quantitative estimate of drug-likeness (QED) is 0.0145. The molecule has 0 amide bonds. The number of carbonyl (C=O) groups is 1. The van der Waals surface area contributed by atoms with Crippen LogP contribution in [-0.4, -0.2) is 147 Å². The molecule has 0 saturated carbocycles. The van der Waals surface area contributed by atoms with E-state index in [9.17, 15) is 27.2 Å². The Morgan fingerprint density at radius 2 is 1.13 bits per heavy atom. The van der Waals surface area contributed by atoms with Crippen LogP contribution in [0, 0.1) is 37.0 Å². The monoisotopic (exact) mass is 2180 g/mol. The minimum Gasteiger partial charge on any atom is -1.00 e. The van der Waals surface area contributed by atoms with E-state index >= 15 is 0 Å². The van der Waals surface area contributed by atoms with E-state index in [1.54, 1.807) is 70.1 Å². The second-order valence-corrected chi connectivity index (χ2v) is 29.5. The van der Waals surface area contributed by atoms with Crippen molar-refractivity contribution in [3.05, 3.63) is 253 Å². The second kappa shape index (κ2) is 50.9. The van der Waals surface area contributed by atoms with Gasteiger partial charge in [0, 0.05) is 188 Å². The molecular weight excluding hydrogens is 2110 g/mol. The molecule has 582 valence electrons. The number of pyridine rings is 8. The van der Waals surface area contributed by atoms with Gasteiger partial charge in [0.25, 0.3) is 16.6 Å². The van der Waals surface area contributed by atoms with Crippen molar-refractivity contribution in [1.82, 2.24) is 53.6 Å². The molecule has 1 aliphatic carbocycles. The molecule has 0 fully saturated rings. The Hall–Kier alpha value is -4.87. The number of aryl methyl sites for hydroxylation is 1. The maximum atomic E-state index is 14.6. The summed E-state index contributed by atoms with van der Waals surface area (Å²) < 4.78 is 86.7. The van der Waals surface area contributed by atoms with Crippen molar-refractivity contribution < 1.29 is 205 Å². The summed E-state index contributed by atoms with van der Waals surface area (Å²) in [6.45, 7) is 7.91. The smallest absolute Gasteiger partial charge is 1.00 e. The number of nitrogens with zero attached hydrogens (tertiary/aromatic N) is 12. The molecular formula is C79H74BCl2Cs2F2I3N12O12S. The molecule has 0 spiro atoms. The zero-order valence-corrected chi connectivity index (χ0v) is 84.4. The van der Waals surface area contributed by atoms with Gasteiger partial charge in [-0.05, 0) is 206 Å². The van der Waals surface area contributed by atoms with Gasteiger partial charge in [0.15, 0.2) is 11.3 Å². The van der Waals surface area contributed by atoms with Crippen molar-refractivity contribution in [2.45, 2.75) is 44.8 Å². The number of benzene rings is 3. The third kappa shape index (κ3) is 28.4. The molecule has 114 heavy (non-hydrogen) atoms. The van der Waals surface area contributed by atoms with Crippen LogP contribution >= 0.6 is 91.0 Å². The molecule has 0 saturated heterocycles. The van der Waals surface area contributed by atoms with Crippen LogP contribution in [0.1, 0.15) is 25.0 Å². The van der Waals surface area contributed by atoms with E-state index in [1.165, 1.54) is 107 Å². The van der Waals surface area contributed by atoms with Gasteiger partial charge in [0.05, 0.1) is 84.5 Å². The number of hydrogen-bond acceptors (Lipinski definition) is 21. The normalized spacial score (nSPS) is 10.9. The van der Waals surface area contributed by atoms with Crippen molar-refractivity contribution >= 4 is 168 Å². The molecule has 0 bridgehead atoms. The van der Waals surface area contributed by atoms with Crippen LogP contribution in [0.5, 0.6) is 0 Å². The summed E-state index contributed by atoms with van der Waals surface area (Å²) in [5.74, 6) is -0.884. The SMILES string of the molecule is CC#N.COCCOS(=O)(=O)c1ccc(C)cc1.COCCn1cc(-c2cc(-c3cc(Cl)ccc3F)nc3ncccc23)c2ccncc21.COCCn1cc(I)c2ccncc21.COCCn1ccc2c(I)cnc-2c1.IC1=CCc2cnccc21.O=CO[O-].OB(O)c1cc(-c2cc(Cl)ccc2F)nc2ncccc12.[Cs+].[Cs+].[H-]. The second-order valence-electron chi connectivity index (χ2n) is 23.6. The maximum absolute atomic E-state index is 14.6. The van der Waals surface area contributed by atoms with Crippen molar-refractivity contribution in [2.75, 3.05) is 61.5 Å². The molecule has 3 aromatic carbocycles. The first-order valence-corrected chi connectivity index (χ1v) is 39.2. The fraction of sp³-hybridized carbons (Fsp3) is 0.190. The summed E-state index contributed by atoms with van der Waals surface area (Å²) in [5, 5.41) is 39.2. The van der Waals surface area contributed by atoms with Gasteiger partial charge < -0.3 is 54.3 Å². The van der Waals surface area contributed by atoms with Crippen molar-refractivity contribution in [3.8, 4) is 51.0 Å². The van der Waals surface area contributed by atoms with Crippen molar-refractivity contribution in [3.63, 3.8) is 0 Å². The van der Waals surface area contributed by atoms with Gasteiger partial charge in [-0.2, -0.15) is 13.7 Å². The summed E-state index contributed by atoms with van der Waals surface area (Å²) in [7, 11) is 1.26. The molecule has 0 unspecified atom stereocenters. The van der Waals surface area contributed by atoms with E-state index in [-0.39, 0.29) is 186 Å². The predicted octanol–water partition coefficient (Wildman–Crippen LogP) is 8.89. The van der Waals surface area contributed by atoms with Gasteiger partial charge in [0.2, 0.25) is 0 Å². The molecule has 9 aromatic heterocycles. The zero-order valence-electron chi connectivity index (χ0n) is 64.0. The van der Waals surface area contributed by atoms with Crippen LogP contribution in [0.4, 0.5) is 8.78 Å². The molecule has 12 aromatic rings. The molecule has 11 heterocycles. The third-order valence-corrected chi connectivity index (χ3v) is 20.8. The van der Waals surface area contributed by atoms with E-state index in [4.69, 9.17) is 61.6 Å². The van der Waals surface area contributed by atoms with Gasteiger partial charge in [0.1, 0.15) is 11.6 Å². The largest absolute Gasteiger partial charge is 1.00 e. The first-order valence-electron chi connectivity index (χ1n) is 33.8. The van der Waals surface area contributed by atoms with Crippen LogP contribution in [0.25, 0.3) is 92.4 Å². The van der Waals surface area contributed by atoms with Gasteiger partial charge in [-0.15, -0.1) is 0 Å². The van der Waals surface area contributed by atoms with Crippen molar-refractivity contribution in [2.24, 2.45) is 0 Å². The Morgan fingerprint density at radius 1 is 0.596 bits per heavy atom. The standard InChI is InChI=1S/C24H18ClFN4O.C14H9BClFN2O2.2C10H11IN2O.C10H14O4S.C8H6IN.C2H3N.CH2O3.2Cs.H/c1-31-10-9-30-14-20(16-6-8-27-13-23(16)30)18-12-22(19-11-15(25)4-5-21(19)26)29-24-17(18)3-2-7-28-24;16-8-3-4-12(17)10(6-8)13-7-11(15(20)21)9-2-1-5-18-14(9)19-13;1-14-5-4-13-7-9(11)8-2-3-12-6-10(8)13;1-14-5-4-13-3-2-8-9(11)6-12-10(8)7-13;1-9-3-5-10(6-4-9)15(11,12)14-8-7-13-2;9-8-2-1-6-5-10-4-3-7(6)8;1-2-3;2-1-4-3;;;/h2-8,11-14H,9-10H2,1H3;1-7,20-21H;2*2-3,6-7H,4-5H2,1H3;3-6H,7-8H2,1-2H3;2-5H,1H2;1H3;1,3H;;;/q;;;;;;;;2*+1;-1/p-1. The molecule has 0 radical (unpaired) electrons. The van der Waals surface area contributed by atoms with E-state index in [0.29, 0.717) is 51.1 Å². The summed E-state index contributed by atoms with van der Waals surface area (Å²) in [6, 6.07) is 35.5. The van der Waals surface area contributed by atoms with E-state index < -0.39 is 23.1 Å². The first kappa shape index (κ1) is 98.0. The number of aromatic nitrogens is 11. The molecule has 2 N–H and O–H groups in total. The summed E-state index contributed by atoms with van der Waals surface area (Å²) >= 11 is 19.0. The molecule has 35 heteroatoms. The Bertz CT molecular complexity index is 5620. The Morgan fingerprint density at radius 3 is 1.71 bits per heavy atom. The summed E-state index contributed by atoms with van der Waals surface area (Å²) in [4.78, 5) is 45.6. The predicted molar refractivity (Wildman–Crippen MR) is 454 cm³/mol. The number of ether oxygens (including phenoxy) is 4. The number of nitriles is 1. The van der Waals surface area contributed by atoms with E-state index in [1.807, 2.05) is 74.4 Å². The average Bonchev–Trinajstić information content (AvgIpc) is 1.70. The number of halogens is 7. The van der Waals surface area contributed by atoms with Gasteiger partial charge >= 0.3 is 145 Å². The molecule has 3 aliphatic rings. The minimum atomic E-state index is -3.63. The van der Waals surface area contributed by atoms with E-state index in [2.05, 4.69) is 169 Å². The molecule has 15 rings (SSSR count). The summed E-state index contributed by atoms with van der Waals surface area (Å²) in [5.41, 5.74) is 12.4. The topological polar surface area (TPSA) is 312 Å². The third-order valence-electron chi connectivity index (χ3n) is 16.2. The average molecular weight is 2180 g/mol. The van der Waals surface area contributed by atoms with Gasteiger partial charge in [-0.1, -0.05) is 53.0 Å². The van der Waals surface area contributed by atoms with Crippen LogP contribution in [-0.2, 0) is 69.0 Å². The van der Waals surface area contributed by atoms with Crippen molar-refractivity contribution in [1.29, 1.82) is 5.26 Å². The van der Waals surface area contributed by atoms with Crippen LogP contribution < -0.4 is 149 Å². The summed E-state index contributed by atoms with van der Waals surface area (Å²) in [6.07, 6.45) is 27.8. The number of carbonyl (C=O) groups excluding carboxylic acids is 1. The Kier molecular flexibility index (Phi) is 43.7. The van der Waals surface area contributed by atoms with Crippen LogP contribution in [0.2, 0.25) is 10.0 Å². The number of methoxy groups -OCH3 is 4. The Balaban J connectivity index is 0.000000250. The van der Waals surface area contributed by atoms with Crippen LogP contribution in [0.15, 0.2) is 213 Å².